The van der Waals surface area contributed by atoms with Crippen LogP contribution in [0.3, 0.4) is 0 Å². The fourth-order valence-electron chi connectivity index (χ4n) is 2.80. The molecule has 1 aliphatic heterocycles. The molecule has 0 radical (unpaired) electrons. The Labute approximate surface area is 145 Å². The van der Waals surface area contributed by atoms with Gasteiger partial charge in [0.2, 0.25) is 0 Å². The van der Waals surface area contributed by atoms with Crippen LogP contribution in [-0.4, -0.2) is 9.55 Å². The molecule has 0 amide bonds. The molecule has 4 aromatic rings. The van der Waals surface area contributed by atoms with Crippen LogP contribution in [0, 0.1) is 6.92 Å². The lowest BCUT2D eigenvalue weighted by atomic mass is 10.1. The van der Waals surface area contributed by atoms with Gasteiger partial charge in [0.1, 0.15) is 5.65 Å². The summed E-state index contributed by atoms with van der Waals surface area (Å²) >= 11 is 0. The Morgan fingerprint density at radius 2 is 1.56 bits per heavy atom. The molecule has 5 rings (SSSR count). The first-order chi connectivity index (χ1) is 12.2. The summed E-state index contributed by atoms with van der Waals surface area (Å²) in [6.07, 6.45) is 3.50. The van der Waals surface area contributed by atoms with Crippen LogP contribution in [0.4, 0.5) is 11.4 Å². The number of para-hydroxylation sites is 3. The largest absolute Gasteiger partial charge is 0.352 e. The summed E-state index contributed by atoms with van der Waals surface area (Å²) in [5.41, 5.74) is 5.23. The average Bonchev–Trinajstić information content (AvgIpc) is 3.43. The molecule has 2 aromatic heterocycles. The Hall–Kier alpha value is -3.40. The van der Waals surface area contributed by atoms with Gasteiger partial charge in [0.05, 0.1) is 16.8 Å². The summed E-state index contributed by atoms with van der Waals surface area (Å²) in [6, 6.07) is 21.5. The Bertz CT molecular complexity index is 1080. The summed E-state index contributed by atoms with van der Waals surface area (Å²) in [7, 11) is 0. The van der Waals surface area contributed by atoms with Crippen molar-refractivity contribution in [2.75, 3.05) is 5.32 Å². The van der Waals surface area contributed by atoms with E-state index in [1.54, 1.807) is 18.5 Å². The Balaban J connectivity index is 0.000000185. The van der Waals surface area contributed by atoms with Gasteiger partial charge >= 0.3 is 0 Å². The van der Waals surface area contributed by atoms with Gasteiger partial charge in [-0.25, -0.2) is 4.98 Å². The zero-order chi connectivity index (χ0) is 17.2. The second-order valence-electron chi connectivity index (χ2n) is 5.88. The van der Waals surface area contributed by atoms with Gasteiger partial charge in [0.15, 0.2) is 5.43 Å². The van der Waals surface area contributed by atoms with Crippen molar-refractivity contribution in [2.45, 2.75) is 6.92 Å². The summed E-state index contributed by atoms with van der Waals surface area (Å²) in [6.45, 7) is 1.93. The molecule has 1 N–H and O–H groups in total. The van der Waals surface area contributed by atoms with E-state index in [-0.39, 0.29) is 5.43 Å². The number of fused-ring (bicyclic) bond motifs is 2. The van der Waals surface area contributed by atoms with Crippen LogP contribution in [0.2, 0.25) is 0 Å². The number of hydrogen-bond acceptors (Lipinski definition) is 3. The normalized spacial score (nSPS) is 11.1. The highest BCUT2D eigenvalue weighted by Crippen LogP contribution is 2.36. The molecule has 0 aliphatic carbocycles. The molecule has 4 heteroatoms. The molecule has 0 bridgehead atoms. The molecule has 4 nitrogen and oxygen atoms in total. The van der Waals surface area contributed by atoms with Gasteiger partial charge in [-0.2, -0.15) is 0 Å². The number of aryl methyl sites for hydroxylation is 1. The van der Waals surface area contributed by atoms with Crippen LogP contribution in [0.15, 0.2) is 83.9 Å². The second kappa shape index (κ2) is 6.24. The van der Waals surface area contributed by atoms with Gasteiger partial charge in [-0.15, -0.1) is 0 Å². The van der Waals surface area contributed by atoms with Crippen molar-refractivity contribution in [3.8, 4) is 5.69 Å². The van der Waals surface area contributed by atoms with Crippen molar-refractivity contribution in [1.29, 1.82) is 0 Å². The molecule has 1 aliphatic rings. The lowest BCUT2D eigenvalue weighted by molar-refractivity contribution is 1.06. The van der Waals surface area contributed by atoms with Crippen LogP contribution < -0.4 is 10.7 Å². The first-order valence-corrected chi connectivity index (χ1v) is 8.12. The molecular weight excluding hydrogens is 310 g/mol. The Morgan fingerprint density at radius 3 is 2.24 bits per heavy atom. The van der Waals surface area contributed by atoms with Crippen molar-refractivity contribution >= 4 is 22.4 Å². The van der Waals surface area contributed by atoms with E-state index in [1.165, 1.54) is 11.4 Å². The van der Waals surface area contributed by atoms with E-state index in [0.717, 1.165) is 11.3 Å². The number of aromatic nitrogens is 2. The number of nitrogens with zero attached hydrogens (tertiary/aromatic N) is 2. The van der Waals surface area contributed by atoms with Crippen molar-refractivity contribution in [3.63, 3.8) is 0 Å². The number of pyridine rings is 2. The highest BCUT2D eigenvalue weighted by Gasteiger charge is 2.11. The minimum atomic E-state index is 0.0165. The zero-order valence-electron chi connectivity index (χ0n) is 13.8. The van der Waals surface area contributed by atoms with Gasteiger partial charge in [0, 0.05) is 24.1 Å². The first kappa shape index (κ1) is 15.1. The van der Waals surface area contributed by atoms with Crippen LogP contribution in [0.25, 0.3) is 16.7 Å². The van der Waals surface area contributed by atoms with Gasteiger partial charge in [0.25, 0.3) is 0 Å². The molecule has 2 aromatic carbocycles. The quantitative estimate of drug-likeness (QED) is 0.463. The molecule has 0 atom stereocenters. The summed E-state index contributed by atoms with van der Waals surface area (Å²) in [4.78, 5) is 16.3. The summed E-state index contributed by atoms with van der Waals surface area (Å²) in [5.74, 6) is 0. The minimum Gasteiger partial charge on any atom is -0.352 e. The van der Waals surface area contributed by atoms with E-state index >= 15 is 0 Å². The van der Waals surface area contributed by atoms with Crippen molar-refractivity contribution in [1.82, 2.24) is 9.55 Å². The molecular formula is C21H17N3O. The number of anilines is 2. The third-order valence-corrected chi connectivity index (χ3v) is 4.16. The third kappa shape index (κ3) is 3.02. The van der Waals surface area contributed by atoms with Crippen molar-refractivity contribution in [2.24, 2.45) is 0 Å². The fraction of sp³-hybridized carbons (Fsp3) is 0.0476. The molecule has 0 spiro atoms. The highest BCUT2D eigenvalue weighted by molar-refractivity contribution is 5.89. The molecule has 25 heavy (non-hydrogen) atoms. The predicted molar refractivity (Wildman–Crippen MR) is 102 cm³/mol. The van der Waals surface area contributed by atoms with Crippen molar-refractivity contribution in [3.05, 3.63) is 94.9 Å². The van der Waals surface area contributed by atoms with E-state index in [4.69, 9.17) is 0 Å². The number of hydrogen-bond donors (Lipinski definition) is 1. The zero-order valence-corrected chi connectivity index (χ0v) is 13.8. The monoisotopic (exact) mass is 327 g/mol. The summed E-state index contributed by atoms with van der Waals surface area (Å²) < 4.78 is 1.93. The maximum absolute atomic E-state index is 11.9. The first-order valence-electron chi connectivity index (χ1n) is 8.12. The lowest BCUT2D eigenvalue weighted by Crippen LogP contribution is -2.09. The topological polar surface area (TPSA) is 56.8 Å². The van der Waals surface area contributed by atoms with E-state index in [0.29, 0.717) is 11.0 Å². The number of benzene rings is 2. The van der Waals surface area contributed by atoms with E-state index in [1.807, 2.05) is 60.0 Å². The smallest absolute Gasteiger partial charge is 0.191 e. The molecule has 0 saturated carbocycles. The SMILES string of the molecule is Cc1ccnc2c1c(=O)ccn2-c1ccccc1.c1ccc2c(c1)N2. The van der Waals surface area contributed by atoms with E-state index < -0.39 is 0 Å². The Morgan fingerprint density at radius 1 is 0.880 bits per heavy atom. The highest BCUT2D eigenvalue weighted by atomic mass is 16.1. The number of nitrogens with one attached hydrogen (secondary N) is 1. The van der Waals surface area contributed by atoms with Gasteiger partial charge in [-0.1, -0.05) is 30.3 Å². The molecule has 122 valence electrons. The van der Waals surface area contributed by atoms with Crippen LogP contribution in [-0.2, 0) is 0 Å². The van der Waals surface area contributed by atoms with Gasteiger partial charge in [-0.3, -0.25) is 4.79 Å². The molecule has 3 heterocycles. The van der Waals surface area contributed by atoms with E-state index in [9.17, 15) is 4.79 Å². The minimum absolute atomic E-state index is 0.0165. The van der Waals surface area contributed by atoms with Gasteiger partial charge in [-0.05, 0) is 42.8 Å². The predicted octanol–water partition coefficient (Wildman–Crippen LogP) is 4.44. The Kier molecular flexibility index (Phi) is 3.78. The molecule has 0 unspecified atom stereocenters. The van der Waals surface area contributed by atoms with E-state index in [2.05, 4.69) is 22.4 Å². The lowest BCUT2D eigenvalue weighted by Gasteiger charge is -2.10. The van der Waals surface area contributed by atoms with Crippen LogP contribution >= 0.6 is 0 Å². The standard InChI is InChI=1S/C15H12N2O.C6H5N/c1-11-7-9-16-15-14(11)13(18)8-10-17(15)12-5-3-2-4-6-12;1-2-4-6-5(3-1)7-6/h2-10H,1H3;1-4,7H. The van der Waals surface area contributed by atoms with Gasteiger partial charge < -0.3 is 9.88 Å². The van der Waals surface area contributed by atoms with Crippen molar-refractivity contribution < 1.29 is 0 Å². The maximum Gasteiger partial charge on any atom is 0.191 e. The second-order valence-corrected chi connectivity index (χ2v) is 5.88. The van der Waals surface area contributed by atoms with Crippen LogP contribution in [0.5, 0.6) is 0 Å². The maximum atomic E-state index is 11.9. The molecule has 0 saturated heterocycles. The van der Waals surface area contributed by atoms with Crippen LogP contribution in [0.1, 0.15) is 5.56 Å². The number of rotatable bonds is 1. The fourth-order valence-corrected chi connectivity index (χ4v) is 2.80. The summed E-state index contributed by atoms with van der Waals surface area (Å²) in [5, 5.41) is 3.77. The third-order valence-electron chi connectivity index (χ3n) is 4.16. The average molecular weight is 327 g/mol. The molecule has 0 fully saturated rings.